The summed E-state index contributed by atoms with van der Waals surface area (Å²) in [5, 5.41) is 22.3. The number of methoxy groups -OCH3 is 1. The van der Waals surface area contributed by atoms with Crippen LogP contribution in [0.3, 0.4) is 0 Å². The number of aliphatic hydroxyl groups excluding tert-OH is 1. The molecule has 13 heteroatoms. The molecule has 2 atom stereocenters. The van der Waals surface area contributed by atoms with Gasteiger partial charge in [-0.2, -0.15) is 4.39 Å². The lowest BCUT2D eigenvalue weighted by atomic mass is 9.44. The monoisotopic (exact) mass is 617 g/mol. The number of nitrogens with zero attached hydrogens (tertiary/aromatic N) is 3. The molecular weight excluding hydrogens is 584 g/mol. The summed E-state index contributed by atoms with van der Waals surface area (Å²) in [6.07, 6.45) is 7.18. The number of aliphatic hydroxyl groups is 1. The third-order valence-corrected chi connectivity index (χ3v) is 9.19. The van der Waals surface area contributed by atoms with Gasteiger partial charge in [0, 0.05) is 46.8 Å². The van der Waals surface area contributed by atoms with Crippen molar-refractivity contribution < 1.29 is 28.2 Å². The highest BCUT2D eigenvalue weighted by Gasteiger charge is 2.69. The summed E-state index contributed by atoms with van der Waals surface area (Å²) in [6, 6.07) is 7.86. The van der Waals surface area contributed by atoms with E-state index in [0.717, 1.165) is 5.56 Å². The number of hydrogen-bond acceptors (Lipinski definition) is 8. The lowest BCUT2D eigenvalue weighted by molar-refractivity contribution is -0.141. The molecule has 2 aromatic carbocycles. The van der Waals surface area contributed by atoms with E-state index in [2.05, 4.69) is 31.2 Å². The number of rotatable bonds is 9. The van der Waals surface area contributed by atoms with Crippen LogP contribution in [0.2, 0.25) is 0 Å². The number of aryl methyl sites for hydroxylation is 1. The van der Waals surface area contributed by atoms with Gasteiger partial charge >= 0.3 is 0 Å². The third kappa shape index (κ3) is 4.95. The highest BCUT2D eigenvalue weighted by atomic mass is 19.2. The second kappa shape index (κ2) is 10.8. The Balaban J connectivity index is 1.04. The van der Waals surface area contributed by atoms with E-state index in [1.807, 2.05) is 13.0 Å². The van der Waals surface area contributed by atoms with Crippen LogP contribution in [-0.4, -0.2) is 68.2 Å². The first-order chi connectivity index (χ1) is 21.6. The number of fused-ring (bicyclic) bond motifs is 1. The van der Waals surface area contributed by atoms with Crippen LogP contribution in [0.25, 0.3) is 16.9 Å². The fourth-order valence-corrected chi connectivity index (χ4v) is 7.04. The average molecular weight is 618 g/mol. The summed E-state index contributed by atoms with van der Waals surface area (Å²) in [6.45, 7) is 2.39. The summed E-state index contributed by atoms with van der Waals surface area (Å²) < 4.78 is 35.8. The normalized spacial score (nSPS) is 24.9. The van der Waals surface area contributed by atoms with E-state index in [0.29, 0.717) is 67.1 Å². The summed E-state index contributed by atoms with van der Waals surface area (Å²) >= 11 is 0. The molecule has 0 unspecified atom stereocenters. The predicted molar refractivity (Wildman–Crippen MR) is 161 cm³/mol. The van der Waals surface area contributed by atoms with Crippen molar-refractivity contribution in [3.63, 3.8) is 0 Å². The molecule has 0 spiro atoms. The number of aromatic nitrogens is 3. The minimum atomic E-state index is -1.08. The highest BCUT2D eigenvalue weighted by molar-refractivity contribution is 5.97. The Morgan fingerprint density at radius 2 is 1.89 bits per heavy atom. The molecule has 234 valence electrons. The van der Waals surface area contributed by atoms with Crippen LogP contribution >= 0.6 is 0 Å². The molecule has 2 bridgehead atoms. The van der Waals surface area contributed by atoms with Gasteiger partial charge in [-0.05, 0) is 68.0 Å². The maximum absolute atomic E-state index is 14.9. The highest BCUT2D eigenvalue weighted by Crippen LogP contribution is 2.60. The van der Waals surface area contributed by atoms with Gasteiger partial charge in [-0.3, -0.25) is 14.0 Å². The van der Waals surface area contributed by atoms with Crippen LogP contribution in [0.15, 0.2) is 48.9 Å². The third-order valence-electron chi connectivity index (χ3n) is 9.19. The standard InChI is InChI=1S/C32H33F2N7O4/c1-3-17-10-18(38-27-28-37-13-23(41(28)9-8-35-27)21-6-7-24(45-2)26(34)25(21)33)4-5-20(17)29(43)39-31-14-32(15-31,16-31)40-30(44)22-11-19(42)12-36-22/h4-10,13,19,22,36,42H,3,11-12,14-16H2,1-2H3,(H,35,38)(H,39,43)(H,40,44)/t19-,22+,31?,32?/m1/s1. The zero-order chi connectivity index (χ0) is 31.5. The largest absolute Gasteiger partial charge is 0.494 e. The van der Waals surface area contributed by atoms with E-state index in [-0.39, 0.29) is 40.2 Å². The summed E-state index contributed by atoms with van der Waals surface area (Å²) in [7, 11) is 1.27. The smallest absolute Gasteiger partial charge is 0.251 e. The molecule has 5 N–H and O–H groups in total. The average Bonchev–Trinajstić information content (AvgIpc) is 3.63. The van der Waals surface area contributed by atoms with Crippen molar-refractivity contribution in [1.29, 1.82) is 0 Å². The first-order valence-electron chi connectivity index (χ1n) is 14.9. The fourth-order valence-electron chi connectivity index (χ4n) is 7.04. The van der Waals surface area contributed by atoms with Gasteiger partial charge in [0.1, 0.15) is 0 Å². The van der Waals surface area contributed by atoms with Crippen LogP contribution < -0.4 is 26.0 Å². The first-order valence-corrected chi connectivity index (χ1v) is 14.9. The predicted octanol–water partition coefficient (Wildman–Crippen LogP) is 3.23. The van der Waals surface area contributed by atoms with Gasteiger partial charge in [0.15, 0.2) is 23.0 Å². The van der Waals surface area contributed by atoms with E-state index >= 15 is 0 Å². The second-order valence-electron chi connectivity index (χ2n) is 12.3. The van der Waals surface area contributed by atoms with Crippen molar-refractivity contribution >= 4 is 29.0 Å². The van der Waals surface area contributed by atoms with Crippen molar-refractivity contribution in [3.8, 4) is 17.0 Å². The number of carbonyl (C=O) groups is 2. The van der Waals surface area contributed by atoms with E-state index < -0.39 is 17.7 Å². The van der Waals surface area contributed by atoms with Crippen LogP contribution in [0.1, 0.15) is 48.5 Å². The van der Waals surface area contributed by atoms with Gasteiger partial charge in [-0.15, -0.1) is 0 Å². The Hall–Kier alpha value is -4.62. The minimum Gasteiger partial charge on any atom is -0.494 e. The van der Waals surface area contributed by atoms with Crippen molar-refractivity contribution in [2.24, 2.45) is 0 Å². The molecular formula is C32H33F2N7O4. The van der Waals surface area contributed by atoms with Gasteiger partial charge in [-0.25, -0.2) is 14.4 Å². The Morgan fingerprint density at radius 1 is 1.11 bits per heavy atom. The van der Waals surface area contributed by atoms with E-state index in [1.165, 1.54) is 31.6 Å². The van der Waals surface area contributed by atoms with Crippen LogP contribution in [-0.2, 0) is 11.2 Å². The van der Waals surface area contributed by atoms with Gasteiger partial charge in [0.2, 0.25) is 11.7 Å². The van der Waals surface area contributed by atoms with E-state index in [4.69, 9.17) is 4.74 Å². The summed E-state index contributed by atoms with van der Waals surface area (Å²) in [5.41, 5.74) is 2.28. The molecule has 11 nitrogen and oxygen atoms in total. The van der Waals surface area contributed by atoms with Crippen molar-refractivity contribution in [1.82, 2.24) is 30.3 Å². The molecule has 1 saturated heterocycles. The number of imidazole rings is 1. The molecule has 4 aromatic rings. The number of benzene rings is 2. The molecule has 8 rings (SSSR count). The van der Waals surface area contributed by atoms with E-state index in [1.54, 1.807) is 22.7 Å². The molecule has 0 radical (unpaired) electrons. The molecule has 45 heavy (non-hydrogen) atoms. The summed E-state index contributed by atoms with van der Waals surface area (Å²) in [5.74, 6) is -2.15. The van der Waals surface area contributed by atoms with Crippen molar-refractivity contribution in [3.05, 3.63) is 71.7 Å². The number of anilines is 2. The molecule has 3 saturated carbocycles. The lowest BCUT2D eigenvalue weighted by Gasteiger charge is -2.70. The van der Waals surface area contributed by atoms with Crippen LogP contribution in [0.5, 0.6) is 5.75 Å². The van der Waals surface area contributed by atoms with E-state index in [9.17, 15) is 23.5 Å². The van der Waals surface area contributed by atoms with Gasteiger partial charge in [-0.1, -0.05) is 6.92 Å². The number of ether oxygens (including phenoxy) is 1. The lowest BCUT2D eigenvalue weighted by Crippen LogP contribution is -2.84. The molecule has 4 fully saturated rings. The van der Waals surface area contributed by atoms with Crippen molar-refractivity contribution in [2.45, 2.75) is 62.3 Å². The molecule has 3 heterocycles. The molecule has 4 aliphatic rings. The fraction of sp³-hybridized carbons (Fsp3) is 0.375. The molecule has 1 aliphatic heterocycles. The topological polar surface area (TPSA) is 142 Å². The number of halogens is 2. The molecule has 2 aromatic heterocycles. The van der Waals surface area contributed by atoms with Gasteiger partial charge in [0.25, 0.3) is 5.91 Å². The van der Waals surface area contributed by atoms with Crippen molar-refractivity contribution in [2.75, 3.05) is 19.0 Å². The minimum absolute atomic E-state index is 0.0317. The van der Waals surface area contributed by atoms with Gasteiger partial charge in [0.05, 0.1) is 31.1 Å². The Labute approximate surface area is 257 Å². The number of carbonyl (C=O) groups excluding carboxylic acids is 2. The van der Waals surface area contributed by atoms with Gasteiger partial charge < -0.3 is 31.1 Å². The second-order valence-corrected chi connectivity index (χ2v) is 12.3. The quantitative estimate of drug-likeness (QED) is 0.193. The number of amides is 2. The summed E-state index contributed by atoms with van der Waals surface area (Å²) in [4.78, 5) is 34.8. The zero-order valence-corrected chi connectivity index (χ0v) is 24.8. The maximum Gasteiger partial charge on any atom is 0.251 e. The number of hydrogen-bond donors (Lipinski definition) is 5. The molecule has 3 aliphatic carbocycles. The SMILES string of the molecule is CCc1cc(Nc2nccn3c(-c4ccc(OC)c(F)c4F)cnc23)ccc1C(=O)NC12CC(NC(=O)[C@@H]3C[C@@H](O)CN3)(C1)C2. The zero-order valence-electron chi connectivity index (χ0n) is 24.8. The number of β-amino-alcohol motifs (C(OH)–C–C–N with tert-alkyl or cyclic N) is 1. The first kappa shape index (κ1) is 29.1. The molecule has 2 amide bonds. The number of nitrogens with one attached hydrogen (secondary N) is 4. The maximum atomic E-state index is 14.9. The Morgan fingerprint density at radius 3 is 2.60 bits per heavy atom. The van der Waals surface area contributed by atoms with Crippen LogP contribution in [0.4, 0.5) is 20.3 Å². The van der Waals surface area contributed by atoms with Crippen LogP contribution in [0, 0.1) is 11.6 Å². The Kier molecular flexibility index (Phi) is 6.97. The Bertz CT molecular complexity index is 1820.